The third kappa shape index (κ3) is 3.77. The van der Waals surface area contributed by atoms with E-state index in [2.05, 4.69) is 18.9 Å². The third-order valence-corrected chi connectivity index (χ3v) is 10.8. The third-order valence-electron chi connectivity index (χ3n) is 10.8. The highest BCUT2D eigenvalue weighted by Crippen LogP contribution is 2.67. The van der Waals surface area contributed by atoms with Gasteiger partial charge in [0.25, 0.3) is 0 Å². The molecule has 1 heterocycles. The monoisotopic (exact) mass is 456 g/mol. The molecule has 0 aliphatic heterocycles. The largest absolute Gasteiger partial charge is 0.478 e. The van der Waals surface area contributed by atoms with Crippen molar-refractivity contribution in [3.8, 4) is 0 Å². The molecule has 33 heavy (non-hydrogen) atoms. The molecule has 0 spiro atoms. The highest BCUT2D eigenvalue weighted by Gasteiger charge is 2.61. The zero-order valence-corrected chi connectivity index (χ0v) is 20.5. The second kappa shape index (κ2) is 8.51. The minimum absolute atomic E-state index is 0.0731. The van der Waals surface area contributed by atoms with Crippen LogP contribution in [0.5, 0.6) is 0 Å². The Morgan fingerprint density at radius 1 is 1.09 bits per heavy atom. The second-order valence-electron chi connectivity index (χ2n) is 12.1. The van der Waals surface area contributed by atoms with E-state index < -0.39 is 5.97 Å². The molecule has 1 aromatic heterocycles. The smallest absolute Gasteiger partial charge is 0.338 e. The SMILES string of the molecule is COCC1CCC2(C)C(CCC3C2CCC2(C)C(C(=O)Cn4cc(C(=O)O)cn4)CCC32)C1. The maximum absolute atomic E-state index is 13.4. The second-order valence-corrected chi connectivity index (χ2v) is 12.1. The highest BCUT2D eigenvalue weighted by atomic mass is 16.5. The van der Waals surface area contributed by atoms with E-state index >= 15 is 0 Å². The van der Waals surface area contributed by atoms with Crippen LogP contribution in [0, 0.1) is 46.3 Å². The van der Waals surface area contributed by atoms with Crippen LogP contribution in [0.4, 0.5) is 0 Å². The van der Waals surface area contributed by atoms with Crippen LogP contribution in [0.1, 0.15) is 82.0 Å². The predicted molar refractivity (Wildman–Crippen MR) is 125 cm³/mol. The first-order valence-corrected chi connectivity index (χ1v) is 13.0. The number of ether oxygens (including phenoxy) is 1. The molecule has 0 saturated heterocycles. The minimum atomic E-state index is -1.000. The molecule has 0 bridgehead atoms. The number of carbonyl (C=O) groups excluding carboxylic acids is 1. The fourth-order valence-electron chi connectivity index (χ4n) is 9.09. The van der Waals surface area contributed by atoms with Gasteiger partial charge in [0.1, 0.15) is 0 Å². The Bertz CT molecular complexity index is 912. The number of carboxylic acid groups (broad SMARTS) is 1. The lowest BCUT2D eigenvalue weighted by Crippen LogP contribution is -2.54. The first-order chi connectivity index (χ1) is 15.8. The van der Waals surface area contributed by atoms with E-state index in [0.717, 1.165) is 43.1 Å². The lowest BCUT2D eigenvalue weighted by molar-refractivity contribution is -0.138. The zero-order chi connectivity index (χ0) is 23.4. The van der Waals surface area contributed by atoms with E-state index in [4.69, 9.17) is 9.84 Å². The van der Waals surface area contributed by atoms with Crippen molar-refractivity contribution in [2.24, 2.45) is 46.3 Å². The number of Topliss-reactive ketones (excluding diaryl/α,β-unsaturated/α-hetero) is 1. The topological polar surface area (TPSA) is 81.4 Å². The first kappa shape index (κ1) is 23.1. The van der Waals surface area contributed by atoms with Crippen LogP contribution in [-0.4, -0.2) is 40.4 Å². The number of aromatic carboxylic acids is 1. The van der Waals surface area contributed by atoms with Crippen LogP contribution in [0.2, 0.25) is 0 Å². The zero-order valence-electron chi connectivity index (χ0n) is 20.5. The van der Waals surface area contributed by atoms with E-state index in [1.807, 2.05) is 7.11 Å². The van der Waals surface area contributed by atoms with Gasteiger partial charge in [-0.25, -0.2) is 4.79 Å². The standard InChI is InChI=1S/C27H40N2O4/c1-26-10-8-17(16-33-3)12-19(26)4-5-20-21-6-7-23(27(21,2)11-9-22(20)26)24(30)15-29-14-18(13-28-29)25(31)32/h13-14,17,19-23H,4-12,15-16H2,1-3H3,(H,31,32). The van der Waals surface area contributed by atoms with Gasteiger partial charge < -0.3 is 9.84 Å². The Hall–Kier alpha value is -1.69. The molecule has 0 amide bonds. The summed E-state index contributed by atoms with van der Waals surface area (Å²) in [5, 5.41) is 13.3. The molecule has 1 N–H and O–H groups in total. The highest BCUT2D eigenvalue weighted by molar-refractivity contribution is 5.87. The van der Waals surface area contributed by atoms with Gasteiger partial charge in [0.15, 0.2) is 5.78 Å². The number of methoxy groups -OCH3 is 1. The van der Waals surface area contributed by atoms with Crippen LogP contribution in [-0.2, 0) is 16.1 Å². The summed E-state index contributed by atoms with van der Waals surface area (Å²) in [5.41, 5.74) is 0.681. The summed E-state index contributed by atoms with van der Waals surface area (Å²) in [4.78, 5) is 24.5. The average Bonchev–Trinajstić information content (AvgIpc) is 3.38. The summed E-state index contributed by atoms with van der Waals surface area (Å²) in [5.74, 6) is 3.07. The summed E-state index contributed by atoms with van der Waals surface area (Å²) in [6.45, 7) is 6.08. The van der Waals surface area contributed by atoms with E-state index in [0.29, 0.717) is 11.3 Å². The summed E-state index contributed by atoms with van der Waals surface area (Å²) in [7, 11) is 1.84. The van der Waals surface area contributed by atoms with Crippen LogP contribution in [0.25, 0.3) is 0 Å². The maximum Gasteiger partial charge on any atom is 0.338 e. The lowest BCUT2D eigenvalue weighted by Gasteiger charge is -2.61. The quantitative estimate of drug-likeness (QED) is 0.646. The molecule has 8 unspecified atom stereocenters. The Labute approximate surface area is 197 Å². The van der Waals surface area contributed by atoms with Crippen molar-refractivity contribution < 1.29 is 19.4 Å². The lowest BCUT2D eigenvalue weighted by atomic mass is 9.44. The van der Waals surface area contributed by atoms with Crippen LogP contribution in [0.15, 0.2) is 12.4 Å². The Morgan fingerprint density at radius 2 is 1.85 bits per heavy atom. The molecule has 6 heteroatoms. The molecule has 8 atom stereocenters. The molecule has 6 nitrogen and oxygen atoms in total. The van der Waals surface area contributed by atoms with Gasteiger partial charge in [-0.2, -0.15) is 5.10 Å². The molecule has 4 aliphatic rings. The van der Waals surface area contributed by atoms with E-state index in [9.17, 15) is 9.59 Å². The minimum Gasteiger partial charge on any atom is -0.478 e. The van der Waals surface area contributed by atoms with Crippen molar-refractivity contribution in [1.29, 1.82) is 0 Å². The summed E-state index contributed by atoms with van der Waals surface area (Å²) < 4.78 is 7.01. The Kier molecular flexibility index (Phi) is 5.95. The summed E-state index contributed by atoms with van der Waals surface area (Å²) in [6.07, 6.45) is 14.0. The first-order valence-electron chi connectivity index (χ1n) is 13.0. The fraction of sp³-hybridized carbons (Fsp3) is 0.815. The van der Waals surface area contributed by atoms with E-state index in [-0.39, 0.29) is 29.2 Å². The number of hydrogen-bond donors (Lipinski definition) is 1. The molecule has 1 aromatic rings. The van der Waals surface area contributed by atoms with Crippen molar-refractivity contribution in [2.45, 2.75) is 78.2 Å². The average molecular weight is 457 g/mol. The summed E-state index contributed by atoms with van der Waals surface area (Å²) in [6, 6.07) is 0. The van der Waals surface area contributed by atoms with Gasteiger partial charge in [-0.15, -0.1) is 0 Å². The number of nitrogens with zero attached hydrogens (tertiary/aromatic N) is 2. The van der Waals surface area contributed by atoms with Crippen molar-refractivity contribution in [1.82, 2.24) is 9.78 Å². The molecule has 182 valence electrons. The normalized spacial score (nSPS) is 42.3. The Morgan fingerprint density at radius 3 is 2.58 bits per heavy atom. The van der Waals surface area contributed by atoms with Crippen molar-refractivity contribution in [3.63, 3.8) is 0 Å². The number of carboxylic acids is 1. The Balaban J connectivity index is 1.30. The fourth-order valence-corrected chi connectivity index (χ4v) is 9.09. The number of ketones is 1. The van der Waals surface area contributed by atoms with Gasteiger partial charge in [0.2, 0.25) is 0 Å². The molecule has 0 aromatic carbocycles. The maximum atomic E-state index is 13.4. The van der Waals surface area contributed by atoms with Crippen LogP contribution >= 0.6 is 0 Å². The molecule has 4 fully saturated rings. The van der Waals surface area contributed by atoms with Crippen molar-refractivity contribution >= 4 is 11.8 Å². The van der Waals surface area contributed by atoms with Gasteiger partial charge in [-0.3, -0.25) is 9.48 Å². The van der Waals surface area contributed by atoms with Crippen LogP contribution in [0.3, 0.4) is 0 Å². The number of rotatable bonds is 6. The van der Waals surface area contributed by atoms with Gasteiger partial charge in [0.05, 0.1) is 18.3 Å². The molecular formula is C27H40N2O4. The number of hydrogen-bond acceptors (Lipinski definition) is 4. The van der Waals surface area contributed by atoms with Crippen molar-refractivity contribution in [3.05, 3.63) is 18.0 Å². The number of aromatic nitrogens is 2. The van der Waals surface area contributed by atoms with Gasteiger partial charge in [0, 0.05) is 25.8 Å². The predicted octanol–water partition coefficient (Wildman–Crippen LogP) is 5.07. The van der Waals surface area contributed by atoms with E-state index in [1.54, 1.807) is 0 Å². The van der Waals surface area contributed by atoms with E-state index in [1.165, 1.54) is 62.0 Å². The molecule has 4 saturated carbocycles. The molecule has 5 rings (SSSR count). The molecule has 0 radical (unpaired) electrons. The van der Waals surface area contributed by atoms with Gasteiger partial charge in [-0.05, 0) is 98.2 Å². The van der Waals surface area contributed by atoms with Gasteiger partial charge >= 0.3 is 5.97 Å². The van der Waals surface area contributed by atoms with Crippen LogP contribution < -0.4 is 0 Å². The molecular weight excluding hydrogens is 416 g/mol. The van der Waals surface area contributed by atoms with Gasteiger partial charge in [-0.1, -0.05) is 13.8 Å². The molecule has 4 aliphatic carbocycles. The summed E-state index contributed by atoms with van der Waals surface area (Å²) >= 11 is 0. The number of fused-ring (bicyclic) bond motifs is 5. The van der Waals surface area contributed by atoms with Crippen molar-refractivity contribution in [2.75, 3.05) is 13.7 Å². The number of carbonyl (C=O) groups is 2.